The minimum atomic E-state index is -1.12. The van der Waals surface area contributed by atoms with Gasteiger partial charge in [0.15, 0.2) is 6.10 Å². The van der Waals surface area contributed by atoms with Gasteiger partial charge in [-0.25, -0.2) is 9.59 Å². The number of carbonyl (C=O) groups is 3. The maximum atomic E-state index is 12.6. The van der Waals surface area contributed by atoms with Crippen LogP contribution in [0.3, 0.4) is 0 Å². The van der Waals surface area contributed by atoms with Gasteiger partial charge in [0.2, 0.25) is 5.78 Å². The Bertz CT molecular complexity index is 965. The summed E-state index contributed by atoms with van der Waals surface area (Å²) >= 11 is 0. The maximum Gasteiger partial charge on any atom is 0.339 e. The Morgan fingerprint density at radius 2 is 1.61 bits per heavy atom. The number of nitrogens with zero attached hydrogens (tertiary/aromatic N) is 1. The number of esters is 2. The van der Waals surface area contributed by atoms with Crippen molar-refractivity contribution >= 4 is 23.4 Å². The average molecular weight is 385 g/mol. The van der Waals surface area contributed by atoms with E-state index in [0.717, 1.165) is 36.4 Å². The van der Waals surface area contributed by atoms with E-state index >= 15 is 0 Å². The number of rotatable bonds is 6. The molecule has 2 aromatic carbocycles. The zero-order chi connectivity index (χ0) is 21.0. The van der Waals surface area contributed by atoms with Crippen molar-refractivity contribution in [3.63, 3.8) is 0 Å². The van der Waals surface area contributed by atoms with Crippen LogP contribution in [0, 0.1) is 24.0 Å². The lowest BCUT2D eigenvalue weighted by atomic mass is 9.99. The van der Waals surface area contributed by atoms with Crippen molar-refractivity contribution in [3.05, 3.63) is 74.3 Å². The summed E-state index contributed by atoms with van der Waals surface area (Å²) in [6.07, 6.45) is -1.12. The summed E-state index contributed by atoms with van der Waals surface area (Å²) in [5.41, 5.74) is 1.18. The van der Waals surface area contributed by atoms with Crippen LogP contribution in [0.25, 0.3) is 0 Å². The van der Waals surface area contributed by atoms with E-state index in [4.69, 9.17) is 4.74 Å². The lowest BCUT2D eigenvalue weighted by Gasteiger charge is -2.14. The molecule has 8 heteroatoms. The van der Waals surface area contributed by atoms with Crippen LogP contribution < -0.4 is 0 Å². The number of aryl methyl sites for hydroxylation is 2. The first-order valence-corrected chi connectivity index (χ1v) is 8.34. The predicted octanol–water partition coefficient (Wildman–Crippen LogP) is 3.43. The molecule has 0 amide bonds. The normalized spacial score (nSPS) is 11.4. The molecule has 8 nitrogen and oxygen atoms in total. The van der Waals surface area contributed by atoms with Gasteiger partial charge in [0, 0.05) is 17.7 Å². The Labute approximate surface area is 161 Å². The first kappa shape index (κ1) is 20.8. The topological polar surface area (TPSA) is 113 Å². The van der Waals surface area contributed by atoms with E-state index in [0.29, 0.717) is 5.56 Å². The van der Waals surface area contributed by atoms with Crippen LogP contribution in [0.4, 0.5) is 5.69 Å². The van der Waals surface area contributed by atoms with Crippen molar-refractivity contribution in [3.8, 4) is 0 Å². The van der Waals surface area contributed by atoms with Crippen molar-refractivity contribution in [2.24, 2.45) is 0 Å². The van der Waals surface area contributed by atoms with E-state index in [1.165, 1.54) is 6.92 Å². The van der Waals surface area contributed by atoms with Crippen molar-refractivity contribution in [2.75, 3.05) is 7.11 Å². The summed E-state index contributed by atoms with van der Waals surface area (Å²) in [6, 6.07) is 8.44. The van der Waals surface area contributed by atoms with E-state index in [9.17, 15) is 24.5 Å². The van der Waals surface area contributed by atoms with Gasteiger partial charge in [0.05, 0.1) is 23.2 Å². The summed E-state index contributed by atoms with van der Waals surface area (Å²) in [6.45, 7) is 5.02. The predicted molar refractivity (Wildman–Crippen MR) is 99.6 cm³/mol. The third-order valence-electron chi connectivity index (χ3n) is 4.10. The second-order valence-corrected chi connectivity index (χ2v) is 6.25. The van der Waals surface area contributed by atoms with Crippen LogP contribution in [0.1, 0.15) is 49.1 Å². The third-order valence-corrected chi connectivity index (χ3v) is 4.10. The van der Waals surface area contributed by atoms with Gasteiger partial charge >= 0.3 is 11.9 Å². The molecule has 0 N–H and O–H groups in total. The molecule has 0 saturated carbocycles. The van der Waals surface area contributed by atoms with Gasteiger partial charge in [-0.3, -0.25) is 14.9 Å². The number of ether oxygens (including phenoxy) is 2. The fourth-order valence-electron chi connectivity index (χ4n) is 2.57. The first-order valence-electron chi connectivity index (χ1n) is 8.34. The fourth-order valence-corrected chi connectivity index (χ4v) is 2.57. The molecule has 0 aromatic heterocycles. The van der Waals surface area contributed by atoms with E-state index in [1.54, 1.807) is 19.1 Å². The molecule has 0 heterocycles. The van der Waals surface area contributed by atoms with Gasteiger partial charge in [0.25, 0.3) is 5.69 Å². The fraction of sp³-hybridized carbons (Fsp3) is 0.250. The Morgan fingerprint density at radius 3 is 2.18 bits per heavy atom. The van der Waals surface area contributed by atoms with E-state index in [-0.39, 0.29) is 11.1 Å². The maximum absolute atomic E-state index is 12.6. The molecule has 0 spiro atoms. The zero-order valence-electron chi connectivity index (χ0n) is 15.8. The molecule has 0 radical (unpaired) electrons. The molecule has 1 atom stereocenters. The lowest BCUT2D eigenvalue weighted by Crippen LogP contribution is -2.25. The quantitative estimate of drug-likeness (QED) is 0.324. The molecular formula is C20H19NO7. The van der Waals surface area contributed by atoms with Crippen LogP contribution in [0.5, 0.6) is 0 Å². The van der Waals surface area contributed by atoms with Gasteiger partial charge in [0.1, 0.15) is 0 Å². The minimum absolute atomic E-state index is 0.169. The van der Waals surface area contributed by atoms with Gasteiger partial charge in [-0.05, 0) is 38.5 Å². The second-order valence-electron chi connectivity index (χ2n) is 6.25. The summed E-state index contributed by atoms with van der Waals surface area (Å²) in [4.78, 5) is 47.1. The third kappa shape index (κ3) is 4.59. The van der Waals surface area contributed by atoms with E-state index in [2.05, 4.69) is 4.74 Å². The number of hydrogen-bond donors (Lipinski definition) is 0. The van der Waals surface area contributed by atoms with E-state index < -0.39 is 34.4 Å². The highest BCUT2D eigenvalue weighted by Gasteiger charge is 2.24. The molecule has 0 saturated heterocycles. The Kier molecular flexibility index (Phi) is 6.25. The minimum Gasteiger partial charge on any atom is -0.465 e. The van der Waals surface area contributed by atoms with Crippen LogP contribution in [0.15, 0.2) is 36.4 Å². The van der Waals surface area contributed by atoms with Gasteiger partial charge in [-0.1, -0.05) is 17.7 Å². The van der Waals surface area contributed by atoms with Crippen LogP contribution >= 0.6 is 0 Å². The summed E-state index contributed by atoms with van der Waals surface area (Å²) in [5.74, 6) is -2.19. The molecular weight excluding hydrogens is 366 g/mol. The SMILES string of the molecule is COC(=O)c1cc(C(=O)O[C@@H](C)C(=O)c2cc(C)ccc2C)cc([N+](=O)[O-])c1. The highest BCUT2D eigenvalue weighted by atomic mass is 16.6. The average Bonchev–Trinajstić information content (AvgIpc) is 2.67. The largest absolute Gasteiger partial charge is 0.465 e. The number of carbonyl (C=O) groups excluding carboxylic acids is 3. The summed E-state index contributed by atoms with van der Waals surface area (Å²) in [7, 11) is 1.12. The number of nitro groups is 1. The molecule has 0 aliphatic heterocycles. The Hall–Kier alpha value is -3.55. The number of benzene rings is 2. The lowest BCUT2D eigenvalue weighted by molar-refractivity contribution is -0.384. The Morgan fingerprint density at radius 1 is 1.00 bits per heavy atom. The van der Waals surface area contributed by atoms with Gasteiger partial charge < -0.3 is 9.47 Å². The smallest absolute Gasteiger partial charge is 0.339 e. The molecule has 2 aromatic rings. The van der Waals surface area contributed by atoms with Crippen molar-refractivity contribution in [1.82, 2.24) is 0 Å². The first-order chi connectivity index (χ1) is 13.1. The van der Waals surface area contributed by atoms with Crippen molar-refractivity contribution < 1.29 is 28.8 Å². The number of hydrogen-bond acceptors (Lipinski definition) is 7. The molecule has 0 unspecified atom stereocenters. The standard InChI is InChI=1S/C20H19NO7/c1-11-5-6-12(2)17(7-11)18(22)13(3)28-20(24)15-8-14(19(23)27-4)9-16(10-15)21(25)26/h5-10,13H,1-4H3/t13-/m0/s1. The number of nitro benzene ring substituents is 1. The molecule has 28 heavy (non-hydrogen) atoms. The Balaban J connectivity index is 2.29. The highest BCUT2D eigenvalue weighted by molar-refractivity contribution is 6.03. The van der Waals surface area contributed by atoms with Crippen LogP contribution in [-0.4, -0.2) is 35.9 Å². The number of Topliss-reactive ketones (excluding diaryl/α,β-unsaturated/α-hetero) is 1. The highest BCUT2D eigenvalue weighted by Crippen LogP contribution is 2.20. The molecule has 146 valence electrons. The number of methoxy groups -OCH3 is 1. The van der Waals surface area contributed by atoms with Gasteiger partial charge in [-0.15, -0.1) is 0 Å². The molecule has 2 rings (SSSR count). The van der Waals surface area contributed by atoms with Crippen LogP contribution in [0.2, 0.25) is 0 Å². The molecule has 0 aliphatic rings. The molecule has 0 fully saturated rings. The number of ketones is 1. The summed E-state index contributed by atoms with van der Waals surface area (Å²) < 4.78 is 9.73. The van der Waals surface area contributed by atoms with Crippen LogP contribution in [-0.2, 0) is 9.47 Å². The van der Waals surface area contributed by atoms with Crippen molar-refractivity contribution in [1.29, 1.82) is 0 Å². The van der Waals surface area contributed by atoms with E-state index in [1.807, 2.05) is 13.0 Å². The monoisotopic (exact) mass is 385 g/mol. The second kappa shape index (κ2) is 8.43. The molecule has 0 aliphatic carbocycles. The van der Waals surface area contributed by atoms with Gasteiger partial charge in [-0.2, -0.15) is 0 Å². The number of non-ortho nitro benzene ring substituents is 1. The summed E-state index contributed by atoms with van der Waals surface area (Å²) in [5, 5.41) is 11.1. The molecule has 0 bridgehead atoms. The zero-order valence-corrected chi connectivity index (χ0v) is 15.8. The van der Waals surface area contributed by atoms with Crippen molar-refractivity contribution in [2.45, 2.75) is 26.9 Å².